The fourth-order valence-corrected chi connectivity index (χ4v) is 2.04. The highest BCUT2D eigenvalue weighted by Crippen LogP contribution is 2.15. The highest BCUT2D eigenvalue weighted by Gasteiger charge is 2.08. The molecule has 1 N–H and O–H groups in total. The second-order valence-electron chi connectivity index (χ2n) is 5.35. The molecule has 1 unspecified atom stereocenters. The maximum absolute atomic E-state index is 5.54. The molecule has 0 aromatic rings. The first-order chi connectivity index (χ1) is 9.13. The molecule has 0 aliphatic rings. The summed E-state index contributed by atoms with van der Waals surface area (Å²) in [6.07, 6.45) is 8.77. The standard InChI is InChI=1S/C17H33NO/c1-6-9-10-12-17(11-7-2)13-18-16(5)19-14-15(4)8-3/h17-18H,4-14H2,1-3H3. The minimum Gasteiger partial charge on any atom is -0.475 e. The summed E-state index contributed by atoms with van der Waals surface area (Å²) in [7, 11) is 0. The van der Waals surface area contributed by atoms with Crippen molar-refractivity contribution in [3.8, 4) is 0 Å². The van der Waals surface area contributed by atoms with E-state index in [0.29, 0.717) is 12.5 Å². The second-order valence-corrected chi connectivity index (χ2v) is 5.35. The molecule has 0 aliphatic heterocycles. The Labute approximate surface area is 120 Å². The van der Waals surface area contributed by atoms with Crippen molar-refractivity contribution < 1.29 is 4.74 Å². The lowest BCUT2D eigenvalue weighted by molar-refractivity contribution is 0.209. The third-order valence-corrected chi connectivity index (χ3v) is 3.45. The SMILES string of the molecule is C=C(CC)COC(=C)NCC(CCC)CCCCC. The topological polar surface area (TPSA) is 21.3 Å². The quantitative estimate of drug-likeness (QED) is 0.287. The Balaban J connectivity index is 3.82. The number of hydrogen-bond acceptors (Lipinski definition) is 2. The van der Waals surface area contributed by atoms with E-state index in [1.807, 2.05) is 0 Å². The molecular weight excluding hydrogens is 234 g/mol. The van der Waals surface area contributed by atoms with Crippen LogP contribution in [0.25, 0.3) is 0 Å². The maximum Gasteiger partial charge on any atom is 0.179 e. The Morgan fingerprint density at radius 1 is 1.05 bits per heavy atom. The van der Waals surface area contributed by atoms with Gasteiger partial charge >= 0.3 is 0 Å². The first-order valence-electron chi connectivity index (χ1n) is 7.86. The van der Waals surface area contributed by atoms with Crippen LogP contribution in [-0.4, -0.2) is 13.2 Å². The number of nitrogens with one attached hydrogen (secondary N) is 1. The molecule has 112 valence electrons. The summed E-state index contributed by atoms with van der Waals surface area (Å²) in [6.45, 7) is 16.0. The van der Waals surface area contributed by atoms with E-state index in [0.717, 1.165) is 24.5 Å². The van der Waals surface area contributed by atoms with Gasteiger partial charge in [0.15, 0.2) is 5.88 Å². The van der Waals surface area contributed by atoms with Crippen LogP contribution >= 0.6 is 0 Å². The average molecular weight is 267 g/mol. The molecule has 2 nitrogen and oxygen atoms in total. The average Bonchev–Trinajstić information content (AvgIpc) is 2.42. The maximum atomic E-state index is 5.54. The van der Waals surface area contributed by atoms with Gasteiger partial charge in [-0.05, 0) is 37.3 Å². The van der Waals surface area contributed by atoms with Crippen molar-refractivity contribution in [1.82, 2.24) is 5.32 Å². The van der Waals surface area contributed by atoms with Crippen LogP contribution in [0.4, 0.5) is 0 Å². The van der Waals surface area contributed by atoms with Crippen LogP contribution in [0.3, 0.4) is 0 Å². The fraction of sp³-hybridized carbons (Fsp3) is 0.765. The van der Waals surface area contributed by atoms with E-state index in [9.17, 15) is 0 Å². The molecule has 0 amide bonds. The van der Waals surface area contributed by atoms with Gasteiger partial charge in [0, 0.05) is 6.54 Å². The molecule has 0 aromatic heterocycles. The van der Waals surface area contributed by atoms with Gasteiger partial charge in [-0.3, -0.25) is 0 Å². The van der Waals surface area contributed by atoms with Crippen molar-refractivity contribution in [2.75, 3.05) is 13.2 Å². The van der Waals surface area contributed by atoms with Crippen molar-refractivity contribution >= 4 is 0 Å². The molecule has 0 aliphatic carbocycles. The lowest BCUT2D eigenvalue weighted by atomic mass is 9.96. The molecule has 0 saturated heterocycles. The number of ether oxygens (including phenoxy) is 1. The molecular formula is C17H33NO. The molecule has 0 saturated carbocycles. The van der Waals surface area contributed by atoms with Crippen LogP contribution < -0.4 is 5.32 Å². The molecule has 0 heterocycles. The van der Waals surface area contributed by atoms with E-state index in [1.165, 1.54) is 38.5 Å². The lowest BCUT2D eigenvalue weighted by Gasteiger charge is -2.19. The minimum atomic E-state index is 0.580. The Kier molecular flexibility index (Phi) is 11.5. The van der Waals surface area contributed by atoms with Crippen molar-refractivity contribution in [3.05, 3.63) is 24.6 Å². The fourth-order valence-electron chi connectivity index (χ4n) is 2.04. The van der Waals surface area contributed by atoms with E-state index in [-0.39, 0.29) is 0 Å². The van der Waals surface area contributed by atoms with Gasteiger partial charge in [-0.2, -0.15) is 0 Å². The summed E-state index contributed by atoms with van der Waals surface area (Å²) in [6, 6.07) is 0. The van der Waals surface area contributed by atoms with Crippen LogP contribution in [0.15, 0.2) is 24.6 Å². The van der Waals surface area contributed by atoms with Gasteiger partial charge in [0.1, 0.15) is 6.61 Å². The van der Waals surface area contributed by atoms with Gasteiger partial charge < -0.3 is 10.1 Å². The molecule has 0 radical (unpaired) electrons. The van der Waals surface area contributed by atoms with Gasteiger partial charge in [-0.25, -0.2) is 0 Å². The Morgan fingerprint density at radius 3 is 2.37 bits per heavy atom. The van der Waals surface area contributed by atoms with Crippen molar-refractivity contribution in [1.29, 1.82) is 0 Å². The van der Waals surface area contributed by atoms with Crippen molar-refractivity contribution in [2.24, 2.45) is 5.92 Å². The van der Waals surface area contributed by atoms with Crippen LogP contribution in [0, 0.1) is 5.92 Å². The van der Waals surface area contributed by atoms with Crippen LogP contribution in [0.1, 0.15) is 65.7 Å². The molecule has 19 heavy (non-hydrogen) atoms. The first kappa shape index (κ1) is 18.1. The van der Waals surface area contributed by atoms with Gasteiger partial charge in [0.2, 0.25) is 0 Å². The smallest absolute Gasteiger partial charge is 0.179 e. The Hall–Kier alpha value is -0.920. The lowest BCUT2D eigenvalue weighted by Crippen LogP contribution is -2.23. The molecule has 1 atom stereocenters. The summed E-state index contributed by atoms with van der Waals surface area (Å²) in [5, 5.41) is 3.32. The zero-order chi connectivity index (χ0) is 14.5. The number of rotatable bonds is 13. The Morgan fingerprint density at radius 2 is 1.79 bits per heavy atom. The van der Waals surface area contributed by atoms with Crippen LogP contribution in [-0.2, 0) is 4.74 Å². The summed E-state index contributed by atoms with van der Waals surface area (Å²) in [4.78, 5) is 0. The molecule has 0 fully saturated rings. The molecule has 0 aromatic carbocycles. The summed E-state index contributed by atoms with van der Waals surface area (Å²) in [5.74, 6) is 1.43. The van der Waals surface area contributed by atoms with Gasteiger partial charge in [-0.15, -0.1) is 0 Å². The molecule has 0 rings (SSSR count). The minimum absolute atomic E-state index is 0.580. The van der Waals surface area contributed by atoms with Crippen molar-refractivity contribution in [3.63, 3.8) is 0 Å². The zero-order valence-corrected chi connectivity index (χ0v) is 13.3. The predicted octanol–water partition coefficient (Wildman–Crippen LogP) is 5.03. The Bertz CT molecular complexity index is 248. The molecule has 2 heteroatoms. The van der Waals surface area contributed by atoms with E-state index < -0.39 is 0 Å². The molecule has 0 bridgehead atoms. The van der Waals surface area contributed by atoms with Crippen LogP contribution in [0.5, 0.6) is 0 Å². The van der Waals surface area contributed by atoms with E-state index in [4.69, 9.17) is 4.74 Å². The highest BCUT2D eigenvalue weighted by molar-refractivity contribution is 4.94. The summed E-state index contributed by atoms with van der Waals surface area (Å²) in [5.41, 5.74) is 1.11. The van der Waals surface area contributed by atoms with Crippen LogP contribution in [0.2, 0.25) is 0 Å². The highest BCUT2D eigenvalue weighted by atomic mass is 16.5. The summed E-state index contributed by atoms with van der Waals surface area (Å²) < 4.78 is 5.54. The van der Waals surface area contributed by atoms with E-state index in [1.54, 1.807) is 0 Å². The first-order valence-corrected chi connectivity index (χ1v) is 7.86. The van der Waals surface area contributed by atoms with Gasteiger partial charge in [0.05, 0.1) is 0 Å². The monoisotopic (exact) mass is 267 g/mol. The third-order valence-electron chi connectivity index (χ3n) is 3.45. The number of hydrogen-bond donors (Lipinski definition) is 1. The molecule has 0 spiro atoms. The third kappa shape index (κ3) is 10.7. The van der Waals surface area contributed by atoms with Crippen molar-refractivity contribution in [2.45, 2.75) is 65.7 Å². The largest absolute Gasteiger partial charge is 0.475 e. The summed E-state index contributed by atoms with van der Waals surface area (Å²) >= 11 is 0. The van der Waals surface area contributed by atoms with E-state index in [2.05, 4.69) is 39.2 Å². The van der Waals surface area contributed by atoms with Gasteiger partial charge in [-0.1, -0.05) is 53.0 Å². The zero-order valence-electron chi connectivity index (χ0n) is 13.3. The normalized spacial score (nSPS) is 11.9. The predicted molar refractivity (Wildman–Crippen MR) is 85.1 cm³/mol. The van der Waals surface area contributed by atoms with E-state index >= 15 is 0 Å². The van der Waals surface area contributed by atoms with Gasteiger partial charge in [0.25, 0.3) is 0 Å². The second kappa shape index (κ2) is 12.1. The number of unbranched alkanes of at least 4 members (excludes halogenated alkanes) is 2.